The first-order valence-corrected chi connectivity index (χ1v) is 7.38. The minimum atomic E-state index is 0.0992. The monoisotopic (exact) mass is 265 g/mol. The number of carbonyl (C=O) groups excluding carboxylic acids is 1. The van der Waals surface area contributed by atoms with Gasteiger partial charge < -0.3 is 9.84 Å². The lowest BCUT2D eigenvalue weighted by Crippen LogP contribution is -2.36. The molecule has 1 aromatic heterocycles. The molecule has 1 aromatic rings. The van der Waals surface area contributed by atoms with Crippen LogP contribution >= 0.6 is 0 Å². The van der Waals surface area contributed by atoms with Crippen LogP contribution in [0.5, 0.6) is 0 Å². The van der Waals surface area contributed by atoms with Crippen LogP contribution in [0.2, 0.25) is 0 Å². The highest BCUT2D eigenvalue weighted by atomic mass is 16.5. The summed E-state index contributed by atoms with van der Waals surface area (Å²) in [6.07, 6.45) is 8.80. The maximum absolute atomic E-state index is 11.8. The lowest BCUT2D eigenvalue weighted by atomic mass is 9.95. The fourth-order valence-electron chi connectivity index (χ4n) is 2.48. The van der Waals surface area contributed by atoms with Gasteiger partial charge in [0.05, 0.1) is 0 Å². The SMILES string of the molecule is CCCc1noc(CCC(=O)NC2CCCCC2)n1. The van der Waals surface area contributed by atoms with Gasteiger partial charge in [0.2, 0.25) is 11.8 Å². The van der Waals surface area contributed by atoms with Crippen molar-refractivity contribution in [3.63, 3.8) is 0 Å². The van der Waals surface area contributed by atoms with E-state index in [1.165, 1.54) is 19.3 Å². The average molecular weight is 265 g/mol. The summed E-state index contributed by atoms with van der Waals surface area (Å²) in [6.45, 7) is 2.08. The lowest BCUT2D eigenvalue weighted by molar-refractivity contribution is -0.122. The Kier molecular flexibility index (Phi) is 5.36. The highest BCUT2D eigenvalue weighted by Crippen LogP contribution is 2.17. The fraction of sp³-hybridized carbons (Fsp3) is 0.786. The molecule has 106 valence electrons. The molecule has 2 rings (SSSR count). The molecule has 0 spiro atoms. The highest BCUT2D eigenvalue weighted by molar-refractivity contribution is 5.76. The van der Waals surface area contributed by atoms with Crippen molar-refractivity contribution in [1.82, 2.24) is 15.5 Å². The van der Waals surface area contributed by atoms with Crippen LogP contribution in [-0.2, 0) is 17.6 Å². The molecule has 0 radical (unpaired) electrons. The predicted molar refractivity (Wildman–Crippen MR) is 71.6 cm³/mol. The zero-order valence-electron chi connectivity index (χ0n) is 11.7. The Bertz CT molecular complexity index is 397. The van der Waals surface area contributed by atoms with Crippen LogP contribution < -0.4 is 5.32 Å². The zero-order valence-corrected chi connectivity index (χ0v) is 11.7. The molecular weight excluding hydrogens is 242 g/mol. The Hall–Kier alpha value is -1.39. The number of rotatable bonds is 6. The third-order valence-corrected chi connectivity index (χ3v) is 3.52. The second kappa shape index (κ2) is 7.26. The number of nitrogens with one attached hydrogen (secondary N) is 1. The summed E-state index contributed by atoms with van der Waals surface area (Å²) >= 11 is 0. The van der Waals surface area contributed by atoms with E-state index in [-0.39, 0.29) is 5.91 Å². The minimum absolute atomic E-state index is 0.0992. The Morgan fingerprint density at radius 1 is 1.32 bits per heavy atom. The molecule has 0 saturated heterocycles. The van der Waals surface area contributed by atoms with Crippen molar-refractivity contribution in [1.29, 1.82) is 0 Å². The molecule has 0 aromatic carbocycles. The molecule has 1 heterocycles. The van der Waals surface area contributed by atoms with Gasteiger partial charge in [-0.1, -0.05) is 31.3 Å². The van der Waals surface area contributed by atoms with Gasteiger partial charge in [0, 0.05) is 25.3 Å². The molecular formula is C14H23N3O2. The van der Waals surface area contributed by atoms with Gasteiger partial charge in [-0.25, -0.2) is 0 Å². The van der Waals surface area contributed by atoms with Crippen molar-refractivity contribution in [3.8, 4) is 0 Å². The molecule has 0 unspecified atom stereocenters. The number of aryl methyl sites for hydroxylation is 2. The Morgan fingerprint density at radius 3 is 2.84 bits per heavy atom. The van der Waals surface area contributed by atoms with Gasteiger partial charge >= 0.3 is 0 Å². The first-order valence-electron chi connectivity index (χ1n) is 7.38. The first-order chi connectivity index (χ1) is 9.28. The van der Waals surface area contributed by atoms with Crippen LogP contribution in [0.3, 0.4) is 0 Å². The van der Waals surface area contributed by atoms with Crippen LogP contribution in [0.1, 0.15) is 63.6 Å². The third-order valence-electron chi connectivity index (χ3n) is 3.52. The number of amides is 1. The number of nitrogens with zero attached hydrogens (tertiary/aromatic N) is 2. The third kappa shape index (κ3) is 4.65. The van der Waals surface area contributed by atoms with Crippen LogP contribution in [0.4, 0.5) is 0 Å². The molecule has 1 aliphatic rings. The van der Waals surface area contributed by atoms with E-state index >= 15 is 0 Å². The standard InChI is InChI=1S/C14H23N3O2/c1-2-6-12-16-14(19-17-12)10-9-13(18)15-11-7-4-3-5-8-11/h11H,2-10H2,1H3,(H,15,18). The maximum Gasteiger partial charge on any atom is 0.227 e. The van der Waals surface area contributed by atoms with E-state index < -0.39 is 0 Å². The number of aromatic nitrogens is 2. The van der Waals surface area contributed by atoms with Gasteiger partial charge in [-0.3, -0.25) is 4.79 Å². The van der Waals surface area contributed by atoms with E-state index in [1.54, 1.807) is 0 Å². The van der Waals surface area contributed by atoms with Crippen LogP contribution in [0.25, 0.3) is 0 Å². The van der Waals surface area contributed by atoms with Crippen molar-refractivity contribution in [2.75, 3.05) is 0 Å². The summed E-state index contributed by atoms with van der Waals surface area (Å²) in [6, 6.07) is 0.375. The van der Waals surface area contributed by atoms with Crippen LogP contribution in [-0.4, -0.2) is 22.1 Å². The van der Waals surface area contributed by atoms with E-state index in [0.29, 0.717) is 24.8 Å². The van der Waals surface area contributed by atoms with Gasteiger partial charge in [-0.2, -0.15) is 4.98 Å². The number of carbonyl (C=O) groups is 1. The lowest BCUT2D eigenvalue weighted by Gasteiger charge is -2.22. The topological polar surface area (TPSA) is 68.0 Å². The summed E-state index contributed by atoms with van der Waals surface area (Å²) in [5, 5.41) is 6.97. The molecule has 1 saturated carbocycles. The maximum atomic E-state index is 11.8. The van der Waals surface area contributed by atoms with E-state index in [4.69, 9.17) is 4.52 Å². The average Bonchev–Trinajstić information content (AvgIpc) is 2.86. The van der Waals surface area contributed by atoms with Crippen molar-refractivity contribution in [2.24, 2.45) is 0 Å². The van der Waals surface area contributed by atoms with Crippen molar-refractivity contribution in [2.45, 2.75) is 70.8 Å². The van der Waals surface area contributed by atoms with Crippen LogP contribution in [0.15, 0.2) is 4.52 Å². The largest absolute Gasteiger partial charge is 0.353 e. The van der Waals surface area contributed by atoms with E-state index in [2.05, 4.69) is 22.4 Å². The second-order valence-corrected chi connectivity index (χ2v) is 5.26. The summed E-state index contributed by atoms with van der Waals surface area (Å²) in [5.41, 5.74) is 0. The van der Waals surface area contributed by atoms with Crippen molar-refractivity contribution in [3.05, 3.63) is 11.7 Å². The molecule has 0 aliphatic heterocycles. The zero-order chi connectivity index (χ0) is 13.5. The molecule has 5 heteroatoms. The molecule has 19 heavy (non-hydrogen) atoms. The summed E-state index contributed by atoms with van der Waals surface area (Å²) in [5.74, 6) is 1.41. The molecule has 0 atom stereocenters. The van der Waals surface area contributed by atoms with E-state index in [0.717, 1.165) is 31.5 Å². The molecule has 1 amide bonds. The van der Waals surface area contributed by atoms with E-state index in [1.807, 2.05) is 0 Å². The Labute approximate surface area is 114 Å². The quantitative estimate of drug-likeness (QED) is 0.857. The summed E-state index contributed by atoms with van der Waals surface area (Å²) in [7, 11) is 0. The molecule has 0 bridgehead atoms. The number of hydrogen-bond donors (Lipinski definition) is 1. The van der Waals surface area contributed by atoms with Crippen LogP contribution in [0, 0.1) is 0 Å². The fourth-order valence-corrected chi connectivity index (χ4v) is 2.48. The summed E-state index contributed by atoms with van der Waals surface area (Å²) in [4.78, 5) is 16.1. The van der Waals surface area contributed by atoms with E-state index in [9.17, 15) is 4.79 Å². The Balaban J connectivity index is 1.69. The smallest absolute Gasteiger partial charge is 0.227 e. The molecule has 1 aliphatic carbocycles. The Morgan fingerprint density at radius 2 is 2.11 bits per heavy atom. The van der Waals surface area contributed by atoms with Gasteiger partial charge in [0.1, 0.15) is 0 Å². The highest BCUT2D eigenvalue weighted by Gasteiger charge is 2.16. The second-order valence-electron chi connectivity index (χ2n) is 5.26. The minimum Gasteiger partial charge on any atom is -0.353 e. The molecule has 1 fully saturated rings. The van der Waals surface area contributed by atoms with Crippen molar-refractivity contribution >= 4 is 5.91 Å². The molecule has 5 nitrogen and oxygen atoms in total. The number of hydrogen-bond acceptors (Lipinski definition) is 4. The normalized spacial score (nSPS) is 16.5. The van der Waals surface area contributed by atoms with Gasteiger partial charge in [0.25, 0.3) is 0 Å². The van der Waals surface area contributed by atoms with Crippen molar-refractivity contribution < 1.29 is 9.32 Å². The summed E-state index contributed by atoms with van der Waals surface area (Å²) < 4.78 is 5.12. The first kappa shape index (κ1) is 14.0. The van der Waals surface area contributed by atoms with Gasteiger partial charge in [-0.15, -0.1) is 0 Å². The predicted octanol–water partition coefficient (Wildman–Crippen LogP) is 2.40. The van der Waals surface area contributed by atoms with Gasteiger partial charge in [0.15, 0.2) is 5.82 Å². The molecule has 1 N–H and O–H groups in total. The van der Waals surface area contributed by atoms with Gasteiger partial charge in [-0.05, 0) is 19.3 Å².